The summed E-state index contributed by atoms with van der Waals surface area (Å²) in [6.07, 6.45) is 2.63. The molecule has 0 saturated carbocycles. The van der Waals surface area contributed by atoms with Crippen LogP contribution in [0.15, 0.2) is 35.2 Å². The van der Waals surface area contributed by atoms with Crippen molar-refractivity contribution in [1.29, 1.82) is 0 Å². The first kappa shape index (κ1) is 16.9. The van der Waals surface area contributed by atoms with Crippen LogP contribution < -0.4 is 5.32 Å². The van der Waals surface area contributed by atoms with Gasteiger partial charge >= 0.3 is 0 Å². The van der Waals surface area contributed by atoms with Gasteiger partial charge in [-0.3, -0.25) is 0 Å². The Morgan fingerprint density at radius 1 is 1.17 bits per heavy atom. The number of fused-ring (bicyclic) bond motifs is 1. The van der Waals surface area contributed by atoms with E-state index in [1.165, 1.54) is 11.1 Å². The highest BCUT2D eigenvalue weighted by Crippen LogP contribution is 2.32. The Hall–Kier alpha value is -1.95. The molecule has 2 aromatic heterocycles. The quantitative estimate of drug-likeness (QED) is 0.700. The Bertz CT molecular complexity index is 838. The number of rotatable bonds is 5. The molecule has 0 bridgehead atoms. The Labute approximate surface area is 150 Å². The van der Waals surface area contributed by atoms with Crippen molar-refractivity contribution in [2.24, 2.45) is 13.0 Å². The van der Waals surface area contributed by atoms with E-state index in [1.54, 1.807) is 11.0 Å². The number of nitrogens with zero attached hydrogens (tertiary/aromatic N) is 4. The van der Waals surface area contributed by atoms with E-state index in [4.69, 9.17) is 0 Å². The zero-order chi connectivity index (χ0) is 17.3. The van der Waals surface area contributed by atoms with Gasteiger partial charge in [0.15, 0.2) is 5.65 Å². The molecule has 0 aliphatic rings. The summed E-state index contributed by atoms with van der Waals surface area (Å²) in [5.74, 6) is 1.22. The van der Waals surface area contributed by atoms with Gasteiger partial charge in [-0.2, -0.15) is 5.10 Å². The predicted octanol–water partition coefficient (Wildman–Crippen LogP) is 4.50. The van der Waals surface area contributed by atoms with E-state index in [2.05, 4.69) is 81.4 Å². The molecule has 0 aliphatic heterocycles. The summed E-state index contributed by atoms with van der Waals surface area (Å²) in [7, 11) is 1.88. The molecular weight excluding hydrogens is 366 g/mol. The van der Waals surface area contributed by atoms with E-state index in [0.717, 1.165) is 27.9 Å². The van der Waals surface area contributed by atoms with Crippen LogP contribution in [0.5, 0.6) is 0 Å². The second kappa shape index (κ2) is 6.89. The molecule has 6 heteroatoms. The van der Waals surface area contributed by atoms with Crippen molar-refractivity contribution < 1.29 is 0 Å². The first-order valence-corrected chi connectivity index (χ1v) is 8.99. The van der Waals surface area contributed by atoms with Crippen molar-refractivity contribution in [3.63, 3.8) is 0 Å². The molecule has 126 valence electrons. The van der Waals surface area contributed by atoms with Gasteiger partial charge in [-0.05, 0) is 39.4 Å². The lowest BCUT2D eigenvalue weighted by atomic mass is 9.95. The first-order valence-electron chi connectivity index (χ1n) is 8.19. The third-order valence-electron chi connectivity index (χ3n) is 4.28. The van der Waals surface area contributed by atoms with Gasteiger partial charge in [-0.25, -0.2) is 14.6 Å². The molecule has 1 atom stereocenters. The second-order valence-electron chi connectivity index (χ2n) is 6.30. The van der Waals surface area contributed by atoms with Crippen LogP contribution in [-0.4, -0.2) is 19.7 Å². The van der Waals surface area contributed by atoms with Gasteiger partial charge in [0.05, 0.1) is 11.4 Å². The van der Waals surface area contributed by atoms with Gasteiger partial charge in [-0.15, -0.1) is 0 Å². The number of benzene rings is 1. The SMILES string of the molecule is CCc1ccc(C(Nc2ncnc3c2c(Br)nn3C)C(C)C)cc1. The lowest BCUT2D eigenvalue weighted by Crippen LogP contribution is -2.18. The van der Waals surface area contributed by atoms with Crippen molar-refractivity contribution in [1.82, 2.24) is 19.7 Å². The lowest BCUT2D eigenvalue weighted by Gasteiger charge is -2.24. The Balaban J connectivity index is 1.99. The molecule has 0 fully saturated rings. The Kier molecular flexibility index (Phi) is 4.85. The molecule has 0 aliphatic carbocycles. The maximum atomic E-state index is 4.46. The van der Waals surface area contributed by atoms with Crippen molar-refractivity contribution in [3.05, 3.63) is 46.3 Å². The fraction of sp³-hybridized carbons (Fsp3) is 0.389. The standard InChI is InChI=1S/C18H22BrN5/c1-5-12-6-8-13(9-7-12)15(11(2)3)22-17-14-16(19)23-24(4)18(14)21-10-20-17/h6-11,15H,5H2,1-4H3,(H,20,21,22). The van der Waals surface area contributed by atoms with Gasteiger partial charge in [0.2, 0.25) is 0 Å². The van der Waals surface area contributed by atoms with E-state index >= 15 is 0 Å². The molecule has 1 aromatic carbocycles. The molecule has 5 nitrogen and oxygen atoms in total. The zero-order valence-electron chi connectivity index (χ0n) is 14.4. The molecule has 1 N–H and O–H groups in total. The number of hydrogen-bond acceptors (Lipinski definition) is 4. The van der Waals surface area contributed by atoms with E-state index < -0.39 is 0 Å². The molecule has 3 aromatic rings. The molecule has 0 amide bonds. The van der Waals surface area contributed by atoms with Crippen molar-refractivity contribution >= 4 is 32.8 Å². The number of nitrogens with one attached hydrogen (secondary N) is 1. The topological polar surface area (TPSA) is 55.6 Å². The van der Waals surface area contributed by atoms with Crippen LogP contribution in [0.1, 0.15) is 37.9 Å². The number of halogens is 1. The number of aryl methyl sites for hydroxylation is 2. The van der Waals surface area contributed by atoms with Gasteiger partial charge in [0, 0.05) is 7.05 Å². The van der Waals surface area contributed by atoms with Crippen molar-refractivity contribution in [3.8, 4) is 0 Å². The van der Waals surface area contributed by atoms with Crippen LogP contribution in [-0.2, 0) is 13.5 Å². The van der Waals surface area contributed by atoms with Crippen LogP contribution >= 0.6 is 15.9 Å². The first-order chi connectivity index (χ1) is 11.5. The van der Waals surface area contributed by atoms with Crippen LogP contribution in [0, 0.1) is 5.92 Å². The Morgan fingerprint density at radius 3 is 2.50 bits per heavy atom. The summed E-state index contributed by atoms with van der Waals surface area (Å²) in [4.78, 5) is 8.79. The summed E-state index contributed by atoms with van der Waals surface area (Å²) in [6.45, 7) is 6.59. The van der Waals surface area contributed by atoms with Crippen molar-refractivity contribution in [2.75, 3.05) is 5.32 Å². The molecule has 1 unspecified atom stereocenters. The average Bonchev–Trinajstić information content (AvgIpc) is 2.88. The van der Waals surface area contributed by atoms with Crippen LogP contribution in [0.4, 0.5) is 5.82 Å². The van der Waals surface area contributed by atoms with Crippen molar-refractivity contribution in [2.45, 2.75) is 33.2 Å². The molecule has 0 radical (unpaired) electrons. The molecule has 3 rings (SSSR count). The highest BCUT2D eigenvalue weighted by molar-refractivity contribution is 9.10. The van der Waals surface area contributed by atoms with Gasteiger partial charge in [0.1, 0.15) is 16.7 Å². The van der Waals surface area contributed by atoms with E-state index in [1.807, 2.05) is 7.05 Å². The fourth-order valence-electron chi connectivity index (χ4n) is 2.89. The summed E-state index contributed by atoms with van der Waals surface area (Å²) in [6, 6.07) is 8.96. The fourth-order valence-corrected chi connectivity index (χ4v) is 3.50. The molecule has 2 heterocycles. The number of aromatic nitrogens is 4. The monoisotopic (exact) mass is 387 g/mol. The minimum Gasteiger partial charge on any atom is -0.362 e. The number of anilines is 1. The molecule has 0 saturated heterocycles. The third kappa shape index (κ3) is 3.15. The summed E-state index contributed by atoms with van der Waals surface area (Å²) in [5, 5.41) is 8.90. The summed E-state index contributed by atoms with van der Waals surface area (Å²) in [5.41, 5.74) is 3.41. The largest absolute Gasteiger partial charge is 0.362 e. The van der Waals surface area contributed by atoms with E-state index in [0.29, 0.717) is 5.92 Å². The molecule has 0 spiro atoms. The Morgan fingerprint density at radius 2 is 1.88 bits per heavy atom. The predicted molar refractivity (Wildman–Crippen MR) is 101 cm³/mol. The van der Waals surface area contributed by atoms with Crippen LogP contribution in [0.3, 0.4) is 0 Å². The van der Waals surface area contributed by atoms with Crippen LogP contribution in [0.2, 0.25) is 0 Å². The maximum absolute atomic E-state index is 4.46. The third-order valence-corrected chi connectivity index (χ3v) is 4.84. The minimum atomic E-state index is 0.168. The highest BCUT2D eigenvalue weighted by Gasteiger charge is 2.20. The lowest BCUT2D eigenvalue weighted by molar-refractivity contribution is 0.545. The van der Waals surface area contributed by atoms with E-state index in [9.17, 15) is 0 Å². The number of hydrogen-bond donors (Lipinski definition) is 1. The van der Waals surface area contributed by atoms with Gasteiger partial charge in [-0.1, -0.05) is 45.0 Å². The maximum Gasteiger partial charge on any atom is 0.164 e. The van der Waals surface area contributed by atoms with Gasteiger partial charge < -0.3 is 5.32 Å². The molecule has 24 heavy (non-hydrogen) atoms. The normalized spacial score (nSPS) is 12.8. The van der Waals surface area contributed by atoms with E-state index in [-0.39, 0.29) is 6.04 Å². The second-order valence-corrected chi connectivity index (χ2v) is 7.05. The smallest absolute Gasteiger partial charge is 0.164 e. The average molecular weight is 388 g/mol. The zero-order valence-corrected chi connectivity index (χ0v) is 16.0. The summed E-state index contributed by atoms with van der Waals surface area (Å²) >= 11 is 3.52. The van der Waals surface area contributed by atoms with Crippen LogP contribution in [0.25, 0.3) is 11.0 Å². The highest BCUT2D eigenvalue weighted by atomic mass is 79.9. The van der Waals surface area contributed by atoms with Gasteiger partial charge in [0.25, 0.3) is 0 Å². The summed E-state index contributed by atoms with van der Waals surface area (Å²) < 4.78 is 2.51. The molecular formula is C18H22BrN5. The minimum absolute atomic E-state index is 0.168.